The van der Waals surface area contributed by atoms with E-state index in [4.69, 9.17) is 9.84 Å². The predicted molar refractivity (Wildman–Crippen MR) is 62.4 cm³/mol. The van der Waals surface area contributed by atoms with Crippen molar-refractivity contribution in [1.82, 2.24) is 5.32 Å². The number of carboxylic acid groups (broad SMARTS) is 1. The van der Waals surface area contributed by atoms with Gasteiger partial charge >= 0.3 is 5.97 Å². The maximum Gasteiger partial charge on any atom is 0.315 e. The van der Waals surface area contributed by atoms with Gasteiger partial charge in [0.1, 0.15) is 5.41 Å². The third-order valence-corrected chi connectivity index (χ3v) is 3.82. The van der Waals surface area contributed by atoms with Crippen LogP contribution in [-0.2, 0) is 9.53 Å². The summed E-state index contributed by atoms with van der Waals surface area (Å²) in [4.78, 5) is 11.1. The average Bonchev–Trinajstić information content (AvgIpc) is 2.08. The van der Waals surface area contributed by atoms with E-state index in [2.05, 4.69) is 33.0 Å². The monoisotopic (exact) mass is 229 g/mol. The van der Waals surface area contributed by atoms with Crippen molar-refractivity contribution in [1.29, 1.82) is 0 Å². The highest BCUT2D eigenvalue weighted by atomic mass is 16.5. The second-order valence-electron chi connectivity index (χ2n) is 5.83. The van der Waals surface area contributed by atoms with E-state index in [1.54, 1.807) is 0 Å². The fourth-order valence-corrected chi connectivity index (χ4v) is 1.48. The van der Waals surface area contributed by atoms with Crippen LogP contribution in [0.15, 0.2) is 0 Å². The van der Waals surface area contributed by atoms with E-state index in [0.717, 1.165) is 6.54 Å². The lowest BCUT2D eigenvalue weighted by atomic mass is 9.80. The van der Waals surface area contributed by atoms with Crippen LogP contribution in [0, 0.1) is 16.7 Å². The van der Waals surface area contributed by atoms with Crippen molar-refractivity contribution in [3.8, 4) is 0 Å². The predicted octanol–water partition coefficient (Wildman–Crippen LogP) is 1.36. The largest absolute Gasteiger partial charge is 0.481 e. The van der Waals surface area contributed by atoms with Gasteiger partial charge in [0, 0.05) is 13.1 Å². The quantitative estimate of drug-likeness (QED) is 0.722. The Hall–Kier alpha value is -0.610. The van der Waals surface area contributed by atoms with Crippen LogP contribution in [0.3, 0.4) is 0 Å². The van der Waals surface area contributed by atoms with E-state index in [1.807, 2.05) is 0 Å². The first kappa shape index (κ1) is 13.5. The Morgan fingerprint density at radius 1 is 1.50 bits per heavy atom. The summed E-state index contributed by atoms with van der Waals surface area (Å²) < 4.78 is 5.01. The van der Waals surface area contributed by atoms with Gasteiger partial charge in [0.25, 0.3) is 0 Å². The smallest absolute Gasteiger partial charge is 0.315 e. The first-order valence-corrected chi connectivity index (χ1v) is 5.82. The normalized spacial score (nSPS) is 19.6. The second-order valence-corrected chi connectivity index (χ2v) is 5.83. The van der Waals surface area contributed by atoms with Crippen molar-refractivity contribution in [3.05, 3.63) is 0 Å². The molecule has 0 atom stereocenters. The number of aliphatic carboxylic acids is 1. The van der Waals surface area contributed by atoms with Gasteiger partial charge in [0.05, 0.1) is 13.2 Å². The third kappa shape index (κ3) is 2.74. The van der Waals surface area contributed by atoms with Crippen LogP contribution < -0.4 is 5.32 Å². The topological polar surface area (TPSA) is 58.6 Å². The van der Waals surface area contributed by atoms with Crippen molar-refractivity contribution >= 4 is 5.97 Å². The Kier molecular flexibility index (Phi) is 3.97. The van der Waals surface area contributed by atoms with Gasteiger partial charge in [0.2, 0.25) is 0 Å². The molecule has 0 radical (unpaired) electrons. The number of hydrogen-bond acceptors (Lipinski definition) is 3. The maximum atomic E-state index is 11.1. The van der Waals surface area contributed by atoms with Crippen molar-refractivity contribution in [2.24, 2.45) is 16.7 Å². The van der Waals surface area contributed by atoms with E-state index in [0.29, 0.717) is 25.7 Å². The van der Waals surface area contributed by atoms with Crippen LogP contribution in [0.4, 0.5) is 0 Å². The molecule has 2 N–H and O–H groups in total. The molecule has 1 fully saturated rings. The molecule has 0 spiro atoms. The second kappa shape index (κ2) is 4.72. The fraction of sp³-hybridized carbons (Fsp3) is 0.917. The molecule has 1 aliphatic heterocycles. The highest BCUT2D eigenvalue weighted by Crippen LogP contribution is 2.28. The summed E-state index contributed by atoms with van der Waals surface area (Å²) in [6.45, 7) is 10.7. The molecule has 1 aliphatic rings. The Morgan fingerprint density at radius 3 is 2.38 bits per heavy atom. The number of ether oxygens (including phenoxy) is 1. The Labute approximate surface area is 97.4 Å². The summed E-state index contributed by atoms with van der Waals surface area (Å²) >= 11 is 0. The van der Waals surface area contributed by atoms with Gasteiger partial charge < -0.3 is 15.2 Å². The minimum absolute atomic E-state index is 0.185. The molecule has 4 heteroatoms. The van der Waals surface area contributed by atoms with Gasteiger partial charge in [-0.3, -0.25) is 4.79 Å². The number of hydrogen-bond donors (Lipinski definition) is 2. The summed E-state index contributed by atoms with van der Waals surface area (Å²) in [6.07, 6.45) is 0. The van der Waals surface area contributed by atoms with Crippen LogP contribution in [0.25, 0.3) is 0 Å². The molecule has 1 rings (SSSR count). The van der Waals surface area contributed by atoms with Crippen LogP contribution in [0.5, 0.6) is 0 Å². The van der Waals surface area contributed by atoms with E-state index < -0.39 is 11.4 Å². The van der Waals surface area contributed by atoms with Crippen LogP contribution in [0.2, 0.25) is 0 Å². The average molecular weight is 229 g/mol. The summed E-state index contributed by atoms with van der Waals surface area (Å²) in [5.41, 5.74) is -0.503. The molecule has 0 bridgehead atoms. The zero-order valence-corrected chi connectivity index (χ0v) is 10.7. The van der Waals surface area contributed by atoms with Crippen LogP contribution in [-0.4, -0.2) is 37.4 Å². The maximum absolute atomic E-state index is 11.1. The van der Waals surface area contributed by atoms with Gasteiger partial charge in [-0.2, -0.15) is 0 Å². The molecule has 0 aromatic carbocycles. The zero-order valence-electron chi connectivity index (χ0n) is 10.7. The van der Waals surface area contributed by atoms with Crippen molar-refractivity contribution in [2.75, 3.05) is 26.3 Å². The lowest BCUT2D eigenvalue weighted by Crippen LogP contribution is -2.56. The molecule has 0 saturated carbocycles. The Bertz CT molecular complexity index is 257. The lowest BCUT2D eigenvalue weighted by molar-refractivity contribution is -0.178. The van der Waals surface area contributed by atoms with E-state index in [1.165, 1.54) is 0 Å². The number of carboxylic acids is 1. The highest BCUT2D eigenvalue weighted by Gasteiger charge is 2.46. The number of rotatable bonds is 6. The van der Waals surface area contributed by atoms with Gasteiger partial charge in [-0.1, -0.05) is 27.7 Å². The lowest BCUT2D eigenvalue weighted by Gasteiger charge is -2.39. The molecule has 1 saturated heterocycles. The third-order valence-electron chi connectivity index (χ3n) is 3.82. The molecular weight excluding hydrogens is 206 g/mol. The zero-order chi connectivity index (χ0) is 12.4. The number of nitrogens with one attached hydrogen (secondary N) is 1. The minimum Gasteiger partial charge on any atom is -0.481 e. The van der Waals surface area contributed by atoms with Crippen LogP contribution in [0.1, 0.15) is 27.7 Å². The molecule has 0 aromatic rings. The Morgan fingerprint density at radius 2 is 2.06 bits per heavy atom. The van der Waals surface area contributed by atoms with Crippen molar-refractivity contribution in [3.63, 3.8) is 0 Å². The van der Waals surface area contributed by atoms with Gasteiger partial charge in [-0.25, -0.2) is 0 Å². The summed E-state index contributed by atoms with van der Waals surface area (Å²) in [5, 5.41) is 12.4. The first-order chi connectivity index (χ1) is 7.30. The van der Waals surface area contributed by atoms with Crippen LogP contribution >= 0.6 is 0 Å². The summed E-state index contributed by atoms with van der Waals surface area (Å²) in [5.74, 6) is -0.188. The Balaban J connectivity index is 2.38. The summed E-state index contributed by atoms with van der Waals surface area (Å²) in [6, 6.07) is 0. The highest BCUT2D eigenvalue weighted by molar-refractivity contribution is 5.76. The van der Waals surface area contributed by atoms with Crippen molar-refractivity contribution in [2.45, 2.75) is 27.7 Å². The molecule has 0 aliphatic carbocycles. The first-order valence-electron chi connectivity index (χ1n) is 5.82. The standard InChI is InChI=1S/C12H23NO3/c1-9(2)11(3,4)5-13-6-12(10(14)15)7-16-8-12/h9,13H,5-8H2,1-4H3,(H,14,15). The van der Waals surface area contributed by atoms with Crippen molar-refractivity contribution < 1.29 is 14.6 Å². The fourth-order valence-electron chi connectivity index (χ4n) is 1.48. The van der Waals surface area contributed by atoms with E-state index >= 15 is 0 Å². The summed E-state index contributed by atoms with van der Waals surface area (Å²) in [7, 11) is 0. The molecule has 0 amide bonds. The van der Waals surface area contributed by atoms with Gasteiger partial charge in [0.15, 0.2) is 0 Å². The van der Waals surface area contributed by atoms with Gasteiger partial charge in [-0.15, -0.1) is 0 Å². The van der Waals surface area contributed by atoms with Gasteiger partial charge in [-0.05, 0) is 11.3 Å². The molecular formula is C12H23NO3. The molecule has 0 aromatic heterocycles. The molecule has 0 unspecified atom stereocenters. The van der Waals surface area contributed by atoms with E-state index in [9.17, 15) is 4.79 Å². The van der Waals surface area contributed by atoms with E-state index in [-0.39, 0.29) is 5.41 Å². The molecule has 4 nitrogen and oxygen atoms in total. The molecule has 94 valence electrons. The molecule has 1 heterocycles. The SMILES string of the molecule is CC(C)C(C)(C)CNCC1(C(=O)O)COC1. The number of carbonyl (C=O) groups is 1. The minimum atomic E-state index is -0.756. The molecule has 16 heavy (non-hydrogen) atoms.